The molecule has 0 fully saturated rings. The maximum atomic E-state index is 11.3. The van der Waals surface area contributed by atoms with E-state index in [4.69, 9.17) is 17.3 Å². The van der Waals surface area contributed by atoms with Crippen LogP contribution in [0.15, 0.2) is 36.4 Å². The number of fused-ring (bicyclic) bond motifs is 1. The molecule has 1 heterocycles. The maximum Gasteiger partial charge on any atom is 0.228 e. The van der Waals surface area contributed by atoms with Gasteiger partial charge in [0.15, 0.2) is 0 Å². The van der Waals surface area contributed by atoms with Crippen molar-refractivity contribution in [2.45, 2.75) is 6.42 Å². The molecule has 1 aliphatic rings. The Bertz CT molecular complexity index is 670. The van der Waals surface area contributed by atoms with Gasteiger partial charge in [-0.2, -0.15) is 0 Å². The molecule has 0 aromatic heterocycles. The number of halogens is 1. The van der Waals surface area contributed by atoms with Gasteiger partial charge in [-0.05, 0) is 29.8 Å². The Morgan fingerprint density at radius 3 is 2.79 bits per heavy atom. The van der Waals surface area contributed by atoms with Crippen molar-refractivity contribution < 1.29 is 4.79 Å². The van der Waals surface area contributed by atoms with Gasteiger partial charge in [-0.25, -0.2) is 0 Å². The molecule has 2 aromatic rings. The van der Waals surface area contributed by atoms with Gasteiger partial charge in [-0.1, -0.05) is 23.7 Å². The first-order valence-corrected chi connectivity index (χ1v) is 6.25. The molecule has 0 spiro atoms. The van der Waals surface area contributed by atoms with E-state index in [1.807, 2.05) is 30.3 Å². The number of hydrogen-bond donors (Lipinski definition) is 3. The third-order valence-electron chi connectivity index (χ3n) is 3.04. The number of nitrogens with one attached hydrogen (secondary N) is 2. The van der Waals surface area contributed by atoms with Crippen molar-refractivity contribution in [3.05, 3.63) is 47.0 Å². The van der Waals surface area contributed by atoms with Crippen molar-refractivity contribution in [2.75, 3.05) is 16.4 Å². The third-order valence-corrected chi connectivity index (χ3v) is 3.37. The molecule has 2 aromatic carbocycles. The van der Waals surface area contributed by atoms with E-state index in [2.05, 4.69) is 10.6 Å². The van der Waals surface area contributed by atoms with Crippen LogP contribution in [0.2, 0.25) is 5.02 Å². The van der Waals surface area contributed by atoms with Gasteiger partial charge in [0.25, 0.3) is 0 Å². The summed E-state index contributed by atoms with van der Waals surface area (Å²) in [6.07, 6.45) is 0.381. The van der Waals surface area contributed by atoms with E-state index >= 15 is 0 Å². The lowest BCUT2D eigenvalue weighted by Crippen LogP contribution is -2.03. The number of rotatable bonds is 2. The summed E-state index contributed by atoms with van der Waals surface area (Å²) in [5.41, 5.74) is 9.82. The van der Waals surface area contributed by atoms with Crippen LogP contribution < -0.4 is 16.4 Å². The van der Waals surface area contributed by atoms with Gasteiger partial charge in [0.2, 0.25) is 5.91 Å². The number of para-hydroxylation sites is 1. The summed E-state index contributed by atoms with van der Waals surface area (Å²) < 4.78 is 0. The molecule has 0 aliphatic carbocycles. The van der Waals surface area contributed by atoms with Gasteiger partial charge in [-0.3, -0.25) is 4.79 Å². The van der Waals surface area contributed by atoms with Gasteiger partial charge in [0.05, 0.1) is 28.5 Å². The maximum absolute atomic E-state index is 11.3. The molecule has 19 heavy (non-hydrogen) atoms. The first-order chi connectivity index (χ1) is 9.13. The molecule has 4 nitrogen and oxygen atoms in total. The van der Waals surface area contributed by atoms with E-state index in [9.17, 15) is 4.79 Å². The fourth-order valence-corrected chi connectivity index (χ4v) is 2.29. The summed E-state index contributed by atoms with van der Waals surface area (Å²) in [5.74, 6) is -0.00991. The highest BCUT2D eigenvalue weighted by Crippen LogP contribution is 2.34. The molecule has 1 amide bonds. The van der Waals surface area contributed by atoms with Crippen molar-refractivity contribution in [3.8, 4) is 0 Å². The predicted octanol–water partition coefficient (Wildman–Crippen LogP) is 3.16. The van der Waals surface area contributed by atoms with Crippen LogP contribution in [0.25, 0.3) is 0 Å². The van der Waals surface area contributed by atoms with Crippen LogP contribution in [0.3, 0.4) is 0 Å². The zero-order chi connectivity index (χ0) is 13.4. The van der Waals surface area contributed by atoms with E-state index in [1.165, 1.54) is 0 Å². The summed E-state index contributed by atoms with van der Waals surface area (Å²) in [5, 5.41) is 6.59. The lowest BCUT2D eigenvalue weighted by molar-refractivity contribution is -0.115. The Morgan fingerprint density at radius 1 is 1.21 bits per heavy atom. The van der Waals surface area contributed by atoms with Crippen molar-refractivity contribution in [1.29, 1.82) is 0 Å². The highest BCUT2D eigenvalue weighted by molar-refractivity contribution is 6.33. The number of hydrogen-bond acceptors (Lipinski definition) is 3. The fraction of sp³-hybridized carbons (Fsp3) is 0.0714. The van der Waals surface area contributed by atoms with E-state index in [-0.39, 0.29) is 5.91 Å². The average Bonchev–Trinajstić information content (AvgIpc) is 2.71. The topological polar surface area (TPSA) is 67.2 Å². The van der Waals surface area contributed by atoms with Crippen molar-refractivity contribution in [3.63, 3.8) is 0 Å². The molecule has 3 rings (SSSR count). The van der Waals surface area contributed by atoms with Crippen LogP contribution in [-0.2, 0) is 11.2 Å². The second-order valence-corrected chi connectivity index (χ2v) is 4.83. The van der Waals surface area contributed by atoms with Crippen LogP contribution in [0, 0.1) is 0 Å². The van der Waals surface area contributed by atoms with Crippen LogP contribution >= 0.6 is 11.6 Å². The second-order valence-electron chi connectivity index (χ2n) is 4.43. The highest BCUT2D eigenvalue weighted by atomic mass is 35.5. The minimum Gasteiger partial charge on any atom is -0.397 e. The van der Waals surface area contributed by atoms with Crippen LogP contribution in [-0.4, -0.2) is 5.91 Å². The van der Waals surface area contributed by atoms with Crippen LogP contribution in [0.1, 0.15) is 5.56 Å². The zero-order valence-electron chi connectivity index (χ0n) is 10.0. The molecule has 0 radical (unpaired) electrons. The first kappa shape index (κ1) is 11.9. The number of amides is 1. The van der Waals surface area contributed by atoms with Crippen molar-refractivity contribution in [2.24, 2.45) is 0 Å². The molecule has 0 saturated carbocycles. The Hall–Kier alpha value is -2.20. The Kier molecular flexibility index (Phi) is 2.80. The normalized spacial score (nSPS) is 13.0. The van der Waals surface area contributed by atoms with Gasteiger partial charge < -0.3 is 16.4 Å². The van der Waals surface area contributed by atoms with Gasteiger partial charge in [0, 0.05) is 5.69 Å². The Balaban J connectivity index is 1.97. The summed E-state index contributed by atoms with van der Waals surface area (Å²) >= 11 is 6.09. The second kappa shape index (κ2) is 4.48. The lowest BCUT2D eigenvalue weighted by atomic mass is 10.1. The molecule has 4 N–H and O–H groups in total. The van der Waals surface area contributed by atoms with Crippen molar-refractivity contribution in [1.82, 2.24) is 0 Å². The third kappa shape index (κ3) is 2.22. The smallest absolute Gasteiger partial charge is 0.228 e. The number of carbonyl (C=O) groups is 1. The van der Waals surface area contributed by atoms with Crippen LogP contribution in [0.4, 0.5) is 22.7 Å². The van der Waals surface area contributed by atoms with E-state index < -0.39 is 0 Å². The molecule has 0 atom stereocenters. The quantitative estimate of drug-likeness (QED) is 0.736. The molecule has 0 bridgehead atoms. The monoisotopic (exact) mass is 273 g/mol. The van der Waals surface area contributed by atoms with E-state index in [0.29, 0.717) is 17.1 Å². The molecule has 96 valence electrons. The number of benzene rings is 2. The SMILES string of the molecule is Nc1cc2c(cc1Nc1ccccc1Cl)NC(=O)C2. The predicted molar refractivity (Wildman–Crippen MR) is 77.9 cm³/mol. The molecule has 0 unspecified atom stereocenters. The minimum absolute atomic E-state index is 0.00991. The fourth-order valence-electron chi connectivity index (χ4n) is 2.11. The Morgan fingerprint density at radius 2 is 2.00 bits per heavy atom. The standard InChI is InChI=1S/C14H12ClN3O/c15-9-3-1-2-4-11(9)17-13-7-12-8(5-10(13)16)6-14(19)18-12/h1-5,7,17H,6,16H2,(H,18,19). The summed E-state index contributed by atoms with van der Waals surface area (Å²) in [6.45, 7) is 0. The molecular formula is C14H12ClN3O. The minimum atomic E-state index is -0.00991. The highest BCUT2D eigenvalue weighted by Gasteiger charge is 2.19. The summed E-state index contributed by atoms with van der Waals surface area (Å²) in [4.78, 5) is 11.3. The number of anilines is 4. The number of nitrogen functional groups attached to an aromatic ring is 1. The zero-order valence-corrected chi connectivity index (χ0v) is 10.8. The lowest BCUT2D eigenvalue weighted by Gasteiger charge is -2.12. The average molecular weight is 274 g/mol. The van der Waals surface area contributed by atoms with E-state index in [1.54, 1.807) is 6.07 Å². The van der Waals surface area contributed by atoms with E-state index in [0.717, 1.165) is 22.6 Å². The first-order valence-electron chi connectivity index (χ1n) is 5.87. The van der Waals surface area contributed by atoms with Gasteiger partial charge in [-0.15, -0.1) is 0 Å². The largest absolute Gasteiger partial charge is 0.397 e. The molecular weight excluding hydrogens is 262 g/mol. The molecule has 0 saturated heterocycles. The summed E-state index contributed by atoms with van der Waals surface area (Å²) in [7, 11) is 0. The number of nitrogens with two attached hydrogens (primary N) is 1. The molecule has 1 aliphatic heterocycles. The van der Waals surface area contributed by atoms with Gasteiger partial charge >= 0.3 is 0 Å². The number of carbonyl (C=O) groups excluding carboxylic acids is 1. The summed E-state index contributed by atoms with van der Waals surface area (Å²) in [6, 6.07) is 11.1. The Labute approximate surface area is 115 Å². The molecule has 5 heteroatoms. The van der Waals surface area contributed by atoms with Gasteiger partial charge in [0.1, 0.15) is 0 Å². The van der Waals surface area contributed by atoms with Crippen molar-refractivity contribution >= 4 is 40.3 Å². The van der Waals surface area contributed by atoms with Crippen LogP contribution in [0.5, 0.6) is 0 Å².